The number of fused-ring (bicyclic) bond motifs is 1. The number of phosphoric acid groups is 1. The molecule has 270 valence electrons. The van der Waals surface area contributed by atoms with Crippen LogP contribution >= 0.6 is 15.6 Å². The molecular formula is C26H43N7O13P2. The first-order valence-corrected chi connectivity index (χ1v) is 18.2. The van der Waals surface area contributed by atoms with Crippen molar-refractivity contribution < 1.29 is 56.7 Å². The number of aromatic amines is 1. The highest BCUT2D eigenvalue weighted by atomic mass is 31.3. The lowest BCUT2D eigenvalue weighted by molar-refractivity contribution is -0.146. The van der Waals surface area contributed by atoms with Crippen LogP contribution in [0.15, 0.2) is 23.8 Å². The number of carbonyl (C=O) groups excluding carboxylic acids is 2. The number of anilines is 1. The molecule has 48 heavy (non-hydrogen) atoms. The second-order valence-corrected chi connectivity index (χ2v) is 14.3. The third-order valence-corrected chi connectivity index (χ3v) is 10.5. The monoisotopic (exact) mass is 723 g/mol. The van der Waals surface area contributed by atoms with Crippen LogP contribution in [0.4, 0.5) is 5.95 Å². The van der Waals surface area contributed by atoms with Crippen LogP contribution in [0, 0.1) is 5.92 Å². The number of nitrogens with one attached hydrogen (secondary N) is 3. The molecule has 2 aromatic heterocycles. The summed E-state index contributed by atoms with van der Waals surface area (Å²) >= 11 is 0. The number of aliphatic hydroxyl groups is 2. The van der Waals surface area contributed by atoms with Crippen molar-refractivity contribution in [2.75, 3.05) is 32.1 Å². The molecule has 2 unspecified atom stereocenters. The number of carbonyl (C=O) groups is 2. The first-order valence-electron chi connectivity index (χ1n) is 15.1. The number of hydrogen-bond donors (Lipinski definition) is 7. The van der Waals surface area contributed by atoms with Gasteiger partial charge in [0.2, 0.25) is 11.9 Å². The minimum absolute atomic E-state index is 0.0717. The predicted octanol–water partition coefficient (Wildman–Crippen LogP) is 0.619. The minimum atomic E-state index is -5.33. The molecule has 8 N–H and O–H groups in total. The molecule has 3 rings (SSSR count). The Balaban J connectivity index is 1.69. The van der Waals surface area contributed by atoms with Gasteiger partial charge in [-0.05, 0) is 31.8 Å². The van der Waals surface area contributed by atoms with Crippen LogP contribution in [0.5, 0.6) is 0 Å². The van der Waals surface area contributed by atoms with Gasteiger partial charge in [-0.25, -0.2) is 19.2 Å². The van der Waals surface area contributed by atoms with E-state index in [2.05, 4.69) is 31.9 Å². The summed E-state index contributed by atoms with van der Waals surface area (Å²) < 4.78 is 53.7. The third-order valence-electron chi connectivity index (χ3n) is 7.08. The molecular weight excluding hydrogens is 680 g/mol. The van der Waals surface area contributed by atoms with Crippen molar-refractivity contribution in [3.8, 4) is 0 Å². The topological polar surface area (TPSA) is 289 Å². The highest BCUT2D eigenvalue weighted by molar-refractivity contribution is 7.63. The molecule has 1 saturated heterocycles. The van der Waals surface area contributed by atoms with Gasteiger partial charge in [0, 0.05) is 6.54 Å². The molecule has 22 heteroatoms. The van der Waals surface area contributed by atoms with E-state index < -0.39 is 76.8 Å². The van der Waals surface area contributed by atoms with Crippen molar-refractivity contribution in [1.82, 2.24) is 29.9 Å². The van der Waals surface area contributed by atoms with E-state index in [9.17, 15) is 38.6 Å². The van der Waals surface area contributed by atoms with Gasteiger partial charge >= 0.3 is 21.5 Å². The SMILES string of the molecule is C=CC(=O)NCCOP(=O)(N[C@@H](C)C(=O)OCC(CCC)CCC)OP(=O)(O)OC[C@H]1O[C@@H](n2cnc3c(=O)[nH]c(N)nc32)[C@H](O)[C@@H]1O. The van der Waals surface area contributed by atoms with Crippen molar-refractivity contribution >= 4 is 44.6 Å². The van der Waals surface area contributed by atoms with Crippen molar-refractivity contribution in [3.63, 3.8) is 0 Å². The fraction of sp³-hybridized carbons (Fsp3) is 0.654. The summed E-state index contributed by atoms with van der Waals surface area (Å²) in [5, 5.41) is 25.8. The number of phosphoric ester groups is 1. The zero-order chi connectivity index (χ0) is 35.6. The molecule has 20 nitrogen and oxygen atoms in total. The quantitative estimate of drug-likeness (QED) is 0.0426. The number of amides is 1. The first-order chi connectivity index (χ1) is 22.6. The highest BCUT2D eigenvalue weighted by Gasteiger charge is 2.46. The van der Waals surface area contributed by atoms with Gasteiger partial charge in [0.25, 0.3) is 5.56 Å². The summed E-state index contributed by atoms with van der Waals surface area (Å²) in [5.41, 5.74) is 4.74. The Morgan fingerprint density at radius 1 is 1.23 bits per heavy atom. The number of aliphatic hydroxyl groups excluding tert-OH is 2. The molecule has 1 amide bonds. The number of ether oxygens (including phenoxy) is 2. The maximum Gasteiger partial charge on any atom is 0.480 e. The number of imidazole rings is 1. The lowest BCUT2D eigenvalue weighted by Crippen LogP contribution is -2.36. The number of H-pyrrole nitrogens is 1. The van der Waals surface area contributed by atoms with Gasteiger partial charge in [-0.15, -0.1) is 0 Å². The maximum atomic E-state index is 13.6. The Labute approximate surface area is 275 Å². The average Bonchev–Trinajstić information content (AvgIpc) is 3.56. The van der Waals surface area contributed by atoms with Crippen molar-refractivity contribution in [1.29, 1.82) is 0 Å². The molecule has 0 bridgehead atoms. The van der Waals surface area contributed by atoms with Gasteiger partial charge in [-0.2, -0.15) is 9.29 Å². The molecule has 0 spiro atoms. The van der Waals surface area contributed by atoms with Crippen LogP contribution in [0.3, 0.4) is 0 Å². The summed E-state index contributed by atoms with van der Waals surface area (Å²) in [7, 11) is -10.2. The Bertz CT molecular complexity index is 1560. The second-order valence-electron chi connectivity index (χ2n) is 10.9. The zero-order valence-electron chi connectivity index (χ0n) is 26.7. The Morgan fingerprint density at radius 2 is 1.92 bits per heavy atom. The number of nitrogen functional groups attached to an aromatic ring is 1. The van der Waals surface area contributed by atoms with Gasteiger partial charge < -0.3 is 35.6 Å². The van der Waals surface area contributed by atoms with Crippen LogP contribution in [0.25, 0.3) is 11.2 Å². The average molecular weight is 724 g/mol. The van der Waals surface area contributed by atoms with E-state index in [1.54, 1.807) is 0 Å². The summed E-state index contributed by atoms with van der Waals surface area (Å²) in [6.45, 7) is 7.09. The van der Waals surface area contributed by atoms with Crippen LogP contribution in [0.1, 0.15) is 52.7 Å². The van der Waals surface area contributed by atoms with Crippen LogP contribution in [-0.2, 0) is 41.6 Å². The molecule has 2 aromatic rings. The smallest absolute Gasteiger partial charge is 0.464 e. The summed E-state index contributed by atoms with van der Waals surface area (Å²) in [5.74, 6) is -1.54. The van der Waals surface area contributed by atoms with E-state index in [4.69, 9.17) is 28.6 Å². The van der Waals surface area contributed by atoms with Crippen LogP contribution < -0.4 is 21.7 Å². The van der Waals surface area contributed by atoms with Crippen LogP contribution in [-0.4, -0.2) is 97.2 Å². The standard InChI is InChI=1S/C26H43N7O13P2/c1-5-8-16(9-6-2)12-42-25(38)15(4)32-47(39,43-11-10-28-18(34)7-3)46-48(40,41)44-13-17-20(35)21(36)24(45-17)33-14-29-19-22(33)30-26(27)31-23(19)37/h7,14-17,20-21,24,35-36H,3,5-6,8-13H2,1-2,4H3,(H,28,34)(H,32,39)(H,40,41)(H3,27,30,31,37)/t15-,17+,20+,21+,24+,47?/m0/s1. The molecule has 3 heterocycles. The summed E-state index contributed by atoms with van der Waals surface area (Å²) in [6.07, 6.45) is -0.653. The third kappa shape index (κ3) is 10.7. The van der Waals surface area contributed by atoms with Gasteiger partial charge in [0.1, 0.15) is 24.4 Å². The lowest BCUT2D eigenvalue weighted by Gasteiger charge is -2.25. The zero-order valence-corrected chi connectivity index (χ0v) is 28.5. The number of nitrogens with two attached hydrogens (primary N) is 1. The minimum Gasteiger partial charge on any atom is -0.464 e. The molecule has 1 aliphatic rings. The molecule has 7 atom stereocenters. The Kier molecular flexibility index (Phi) is 14.4. The lowest BCUT2D eigenvalue weighted by atomic mass is 9.99. The van der Waals surface area contributed by atoms with Crippen LogP contribution in [0.2, 0.25) is 0 Å². The molecule has 1 aliphatic heterocycles. The largest absolute Gasteiger partial charge is 0.480 e. The van der Waals surface area contributed by atoms with E-state index in [-0.39, 0.29) is 36.2 Å². The van der Waals surface area contributed by atoms with Gasteiger partial charge in [-0.3, -0.25) is 33.0 Å². The first kappa shape index (κ1) is 39.4. The number of esters is 1. The molecule has 0 aromatic carbocycles. The van der Waals surface area contributed by atoms with E-state index in [1.165, 1.54) is 6.92 Å². The van der Waals surface area contributed by atoms with E-state index >= 15 is 0 Å². The fourth-order valence-electron chi connectivity index (χ4n) is 4.79. The summed E-state index contributed by atoms with van der Waals surface area (Å²) in [4.78, 5) is 56.9. The Morgan fingerprint density at radius 3 is 2.56 bits per heavy atom. The maximum absolute atomic E-state index is 13.6. The van der Waals surface area contributed by atoms with Gasteiger partial charge in [0.05, 0.1) is 26.1 Å². The molecule has 0 radical (unpaired) electrons. The summed E-state index contributed by atoms with van der Waals surface area (Å²) in [6, 6.07) is -1.35. The van der Waals surface area contributed by atoms with Gasteiger partial charge in [-0.1, -0.05) is 33.3 Å². The second kappa shape index (κ2) is 17.6. The Hall–Kier alpha value is -3.03. The van der Waals surface area contributed by atoms with Gasteiger partial charge in [0.15, 0.2) is 17.4 Å². The van der Waals surface area contributed by atoms with E-state index in [1.807, 2.05) is 13.8 Å². The normalized spacial score (nSPS) is 22.6. The molecule has 1 fully saturated rings. The number of aromatic nitrogens is 4. The van der Waals surface area contributed by atoms with Crippen molar-refractivity contribution in [2.24, 2.45) is 5.92 Å². The predicted molar refractivity (Wildman–Crippen MR) is 169 cm³/mol. The van der Waals surface area contributed by atoms with Crippen molar-refractivity contribution in [3.05, 3.63) is 29.3 Å². The fourth-order valence-corrected chi connectivity index (χ4v) is 7.77. The molecule has 0 saturated carbocycles. The highest BCUT2D eigenvalue weighted by Crippen LogP contribution is 2.61. The number of hydrogen-bond acceptors (Lipinski definition) is 15. The number of nitrogens with zero attached hydrogens (tertiary/aromatic N) is 3. The van der Waals surface area contributed by atoms with E-state index in [0.717, 1.165) is 42.7 Å². The molecule has 0 aliphatic carbocycles. The number of rotatable bonds is 20. The van der Waals surface area contributed by atoms with E-state index in [0.29, 0.717) is 0 Å². The van der Waals surface area contributed by atoms with Crippen molar-refractivity contribution in [2.45, 2.75) is 77.0 Å².